The first-order valence-corrected chi connectivity index (χ1v) is 8.53. The third-order valence-corrected chi connectivity index (χ3v) is 4.25. The molecular weight excluding hydrogens is 350 g/mol. The zero-order valence-electron chi connectivity index (χ0n) is 13.8. The lowest BCUT2D eigenvalue weighted by atomic mass is 10.2. The Hall–Kier alpha value is -3.12. The number of carbonyl (C=O) groups excluding carboxylic acids is 1. The highest BCUT2D eigenvalue weighted by molar-refractivity contribution is 6.30. The van der Waals surface area contributed by atoms with Crippen LogP contribution in [0.4, 0.5) is 23.1 Å². The first-order valence-electron chi connectivity index (χ1n) is 8.16. The summed E-state index contributed by atoms with van der Waals surface area (Å²) in [4.78, 5) is 22.8. The molecule has 0 aliphatic carbocycles. The Kier molecular flexibility index (Phi) is 4.41. The summed E-state index contributed by atoms with van der Waals surface area (Å²) in [7, 11) is 0. The largest absolute Gasteiger partial charge is 0.341 e. The van der Waals surface area contributed by atoms with Gasteiger partial charge in [-0.1, -0.05) is 41.9 Å². The van der Waals surface area contributed by atoms with Crippen molar-refractivity contribution >= 4 is 40.6 Å². The summed E-state index contributed by atoms with van der Waals surface area (Å²) in [6.07, 6.45) is 1.62. The molecule has 1 amide bonds. The van der Waals surface area contributed by atoms with E-state index in [4.69, 9.17) is 11.6 Å². The third kappa shape index (κ3) is 3.60. The smallest absolute Gasteiger partial charge is 0.244 e. The summed E-state index contributed by atoms with van der Waals surface area (Å²) in [6, 6.07) is 17.3. The van der Waals surface area contributed by atoms with Gasteiger partial charge in [0.2, 0.25) is 11.9 Å². The second-order valence-corrected chi connectivity index (χ2v) is 6.39. The van der Waals surface area contributed by atoms with Crippen molar-refractivity contribution in [2.75, 3.05) is 22.1 Å². The fourth-order valence-corrected chi connectivity index (χ4v) is 2.92. The van der Waals surface area contributed by atoms with Crippen LogP contribution in [0.25, 0.3) is 0 Å². The standard InChI is InChI=1S/C19H16ClN5O/c20-14-6-8-15(9-7-14)22-19-21-10-16-18(24-19)25(12-17(26)23-16)11-13-4-2-1-3-5-13/h1-10H,11-12H2,(H,23,26)(H,21,22,24). The van der Waals surface area contributed by atoms with Crippen molar-refractivity contribution in [3.8, 4) is 0 Å². The Labute approximate surface area is 155 Å². The normalized spacial score (nSPS) is 13.1. The van der Waals surface area contributed by atoms with E-state index in [0.29, 0.717) is 29.0 Å². The number of anilines is 4. The number of amides is 1. The van der Waals surface area contributed by atoms with Crippen LogP contribution in [-0.4, -0.2) is 22.4 Å². The zero-order chi connectivity index (χ0) is 17.9. The van der Waals surface area contributed by atoms with Gasteiger partial charge in [-0.3, -0.25) is 4.79 Å². The van der Waals surface area contributed by atoms with Gasteiger partial charge in [0, 0.05) is 17.3 Å². The number of carbonyl (C=O) groups is 1. The van der Waals surface area contributed by atoms with E-state index < -0.39 is 0 Å². The molecule has 0 fully saturated rings. The van der Waals surface area contributed by atoms with Gasteiger partial charge in [-0.15, -0.1) is 0 Å². The van der Waals surface area contributed by atoms with E-state index in [-0.39, 0.29) is 12.5 Å². The first kappa shape index (κ1) is 16.4. The maximum atomic E-state index is 12.0. The molecule has 0 atom stereocenters. The fraction of sp³-hybridized carbons (Fsp3) is 0.105. The molecule has 6 nitrogen and oxygen atoms in total. The molecule has 4 rings (SSSR count). The number of rotatable bonds is 4. The van der Waals surface area contributed by atoms with Crippen LogP contribution >= 0.6 is 11.6 Å². The second kappa shape index (κ2) is 7.01. The van der Waals surface area contributed by atoms with Crippen LogP contribution in [0.5, 0.6) is 0 Å². The molecular formula is C19H16ClN5O. The van der Waals surface area contributed by atoms with Crippen LogP contribution in [0.15, 0.2) is 60.8 Å². The van der Waals surface area contributed by atoms with E-state index in [9.17, 15) is 4.79 Å². The van der Waals surface area contributed by atoms with Crippen molar-refractivity contribution in [2.45, 2.75) is 6.54 Å². The van der Waals surface area contributed by atoms with Gasteiger partial charge in [-0.2, -0.15) is 4.98 Å². The van der Waals surface area contributed by atoms with Crippen LogP contribution in [0.3, 0.4) is 0 Å². The fourth-order valence-electron chi connectivity index (χ4n) is 2.80. The molecule has 0 saturated heterocycles. The van der Waals surface area contributed by atoms with E-state index >= 15 is 0 Å². The van der Waals surface area contributed by atoms with Crippen LogP contribution in [0.2, 0.25) is 5.02 Å². The average Bonchev–Trinajstić information content (AvgIpc) is 2.65. The number of benzene rings is 2. The quantitative estimate of drug-likeness (QED) is 0.735. The number of halogens is 1. The lowest BCUT2D eigenvalue weighted by Gasteiger charge is -2.29. The van der Waals surface area contributed by atoms with Crippen LogP contribution in [0, 0.1) is 0 Å². The van der Waals surface area contributed by atoms with Crippen molar-refractivity contribution in [1.29, 1.82) is 0 Å². The van der Waals surface area contributed by atoms with Gasteiger partial charge < -0.3 is 15.5 Å². The number of nitrogens with zero attached hydrogens (tertiary/aromatic N) is 3. The van der Waals surface area contributed by atoms with Crippen molar-refractivity contribution in [1.82, 2.24) is 9.97 Å². The SMILES string of the molecule is O=C1CN(Cc2ccccc2)c2nc(Nc3ccc(Cl)cc3)ncc2N1. The Morgan fingerprint density at radius 3 is 2.65 bits per heavy atom. The van der Waals surface area contributed by atoms with Gasteiger partial charge in [0.15, 0.2) is 5.82 Å². The summed E-state index contributed by atoms with van der Waals surface area (Å²) in [5.74, 6) is 1.08. The number of aromatic nitrogens is 2. The molecule has 26 heavy (non-hydrogen) atoms. The molecule has 1 aliphatic rings. The third-order valence-electron chi connectivity index (χ3n) is 3.99. The van der Waals surface area contributed by atoms with E-state index in [0.717, 1.165) is 11.3 Å². The maximum absolute atomic E-state index is 12.0. The topological polar surface area (TPSA) is 70.2 Å². The average molecular weight is 366 g/mol. The highest BCUT2D eigenvalue weighted by Gasteiger charge is 2.24. The molecule has 2 heterocycles. The molecule has 0 bridgehead atoms. The Morgan fingerprint density at radius 1 is 1.12 bits per heavy atom. The van der Waals surface area contributed by atoms with Gasteiger partial charge in [0.1, 0.15) is 5.69 Å². The van der Waals surface area contributed by atoms with Crippen molar-refractivity contribution in [3.63, 3.8) is 0 Å². The highest BCUT2D eigenvalue weighted by Crippen LogP contribution is 2.29. The zero-order valence-corrected chi connectivity index (χ0v) is 14.6. The number of hydrogen-bond acceptors (Lipinski definition) is 5. The van der Waals surface area contributed by atoms with Gasteiger partial charge in [-0.05, 0) is 29.8 Å². The Bertz CT molecular complexity index is 930. The Balaban J connectivity index is 1.62. The van der Waals surface area contributed by atoms with Gasteiger partial charge >= 0.3 is 0 Å². The predicted molar refractivity (Wildman–Crippen MR) is 103 cm³/mol. The van der Waals surface area contributed by atoms with E-state index in [1.165, 1.54) is 0 Å². The van der Waals surface area contributed by atoms with Gasteiger partial charge in [0.25, 0.3) is 0 Å². The highest BCUT2D eigenvalue weighted by atomic mass is 35.5. The Morgan fingerprint density at radius 2 is 1.88 bits per heavy atom. The molecule has 2 N–H and O–H groups in total. The van der Waals surface area contributed by atoms with Crippen molar-refractivity contribution in [2.24, 2.45) is 0 Å². The van der Waals surface area contributed by atoms with Crippen LogP contribution < -0.4 is 15.5 Å². The summed E-state index contributed by atoms with van der Waals surface area (Å²) in [6.45, 7) is 0.845. The number of fused-ring (bicyclic) bond motifs is 1. The van der Waals surface area contributed by atoms with E-state index in [2.05, 4.69) is 20.6 Å². The van der Waals surface area contributed by atoms with E-state index in [1.807, 2.05) is 47.4 Å². The van der Waals surface area contributed by atoms with Crippen LogP contribution in [0.1, 0.15) is 5.56 Å². The monoisotopic (exact) mass is 365 g/mol. The minimum Gasteiger partial charge on any atom is -0.341 e. The molecule has 0 spiro atoms. The van der Waals surface area contributed by atoms with Gasteiger partial charge in [0.05, 0.1) is 12.7 Å². The number of hydrogen-bond donors (Lipinski definition) is 2. The maximum Gasteiger partial charge on any atom is 0.244 e. The second-order valence-electron chi connectivity index (χ2n) is 5.95. The molecule has 1 aromatic heterocycles. The summed E-state index contributed by atoms with van der Waals surface area (Å²) in [5.41, 5.74) is 2.56. The van der Waals surface area contributed by atoms with Crippen molar-refractivity contribution in [3.05, 3.63) is 71.4 Å². The molecule has 0 unspecified atom stereocenters. The van der Waals surface area contributed by atoms with Crippen molar-refractivity contribution < 1.29 is 4.79 Å². The lowest BCUT2D eigenvalue weighted by Crippen LogP contribution is -2.38. The minimum absolute atomic E-state index is 0.0737. The lowest BCUT2D eigenvalue weighted by molar-refractivity contribution is -0.115. The van der Waals surface area contributed by atoms with Gasteiger partial charge in [-0.25, -0.2) is 4.98 Å². The molecule has 130 valence electrons. The van der Waals surface area contributed by atoms with E-state index in [1.54, 1.807) is 18.3 Å². The summed E-state index contributed by atoms with van der Waals surface area (Å²) in [5, 5.41) is 6.65. The summed E-state index contributed by atoms with van der Waals surface area (Å²) >= 11 is 5.91. The predicted octanol–water partition coefficient (Wildman–Crippen LogP) is 3.83. The molecule has 0 saturated carbocycles. The number of nitrogens with one attached hydrogen (secondary N) is 2. The molecule has 3 aromatic rings. The minimum atomic E-state index is -0.0737. The van der Waals surface area contributed by atoms with Crippen LogP contribution in [-0.2, 0) is 11.3 Å². The molecule has 2 aromatic carbocycles. The molecule has 0 radical (unpaired) electrons. The molecule has 7 heteroatoms. The molecule has 1 aliphatic heterocycles. The summed E-state index contributed by atoms with van der Waals surface area (Å²) < 4.78 is 0. The first-order chi connectivity index (χ1) is 12.7.